The Balaban J connectivity index is 1.99. The fourth-order valence-corrected chi connectivity index (χ4v) is 3.46. The molecule has 0 heterocycles. The maximum atomic E-state index is 13.0. The van der Waals surface area contributed by atoms with Crippen molar-refractivity contribution in [3.63, 3.8) is 0 Å². The third kappa shape index (κ3) is 3.42. The smallest absolute Gasteiger partial charge is 0.102 e. The zero-order chi connectivity index (χ0) is 12.4. The van der Waals surface area contributed by atoms with Crippen molar-refractivity contribution in [2.24, 2.45) is 0 Å². The minimum atomic E-state index is -0.640. The predicted molar refractivity (Wildman–Crippen MR) is 75.6 cm³/mol. The number of anilines is 1. The summed E-state index contributed by atoms with van der Waals surface area (Å²) in [6.45, 7) is 0.682. The normalized spacial score (nSPS) is 24.2. The molecule has 3 N–H and O–H groups in total. The number of hydrogen-bond donors (Lipinski definition) is 2. The Bertz CT molecular complexity index is 412. The molecule has 1 saturated carbocycles. The first-order chi connectivity index (χ1) is 8.06. The summed E-state index contributed by atoms with van der Waals surface area (Å²) in [5.74, 6) is 0. The van der Waals surface area contributed by atoms with Gasteiger partial charge in [0.1, 0.15) is 6.17 Å². The van der Waals surface area contributed by atoms with Gasteiger partial charge in [0.15, 0.2) is 0 Å². The van der Waals surface area contributed by atoms with Crippen molar-refractivity contribution >= 4 is 37.5 Å². The number of halogens is 3. The topological polar surface area (TPSA) is 38.0 Å². The Morgan fingerprint density at radius 1 is 1.35 bits per heavy atom. The van der Waals surface area contributed by atoms with Crippen LogP contribution in [-0.4, -0.2) is 12.2 Å². The van der Waals surface area contributed by atoms with Gasteiger partial charge in [-0.05, 0) is 52.9 Å². The van der Waals surface area contributed by atoms with Gasteiger partial charge in [-0.1, -0.05) is 15.9 Å². The van der Waals surface area contributed by atoms with E-state index in [2.05, 4.69) is 37.2 Å². The Morgan fingerprint density at radius 3 is 2.76 bits per heavy atom. The van der Waals surface area contributed by atoms with E-state index in [1.165, 1.54) is 0 Å². The second-order valence-electron chi connectivity index (χ2n) is 4.45. The van der Waals surface area contributed by atoms with E-state index in [4.69, 9.17) is 5.73 Å². The monoisotopic (exact) mass is 364 g/mol. The van der Waals surface area contributed by atoms with Gasteiger partial charge < -0.3 is 11.1 Å². The third-order valence-corrected chi connectivity index (χ3v) is 4.24. The van der Waals surface area contributed by atoms with Crippen LogP contribution in [0.5, 0.6) is 0 Å². The number of nitrogen functional groups attached to an aromatic ring is 1. The van der Waals surface area contributed by atoms with E-state index >= 15 is 0 Å². The molecule has 0 amide bonds. The molecule has 17 heavy (non-hydrogen) atoms. The Kier molecular flexibility index (Phi) is 4.44. The molecule has 0 aromatic heterocycles. The Labute approximate surface area is 117 Å². The highest BCUT2D eigenvalue weighted by Crippen LogP contribution is 2.29. The summed E-state index contributed by atoms with van der Waals surface area (Å²) >= 11 is 6.85. The van der Waals surface area contributed by atoms with E-state index < -0.39 is 6.17 Å². The summed E-state index contributed by atoms with van der Waals surface area (Å²) in [6, 6.07) is 4.20. The van der Waals surface area contributed by atoms with Crippen molar-refractivity contribution in [1.29, 1.82) is 0 Å². The summed E-state index contributed by atoms with van der Waals surface area (Å²) in [7, 11) is 0. The van der Waals surface area contributed by atoms with Crippen LogP contribution in [0.3, 0.4) is 0 Å². The molecule has 2 rings (SSSR count). The molecule has 0 radical (unpaired) electrons. The van der Waals surface area contributed by atoms with Gasteiger partial charge >= 0.3 is 0 Å². The summed E-state index contributed by atoms with van der Waals surface area (Å²) in [5, 5.41) is 3.36. The van der Waals surface area contributed by atoms with Crippen molar-refractivity contribution in [2.45, 2.75) is 38.0 Å². The molecule has 1 aliphatic carbocycles. The fraction of sp³-hybridized carbons (Fsp3) is 0.500. The Morgan fingerprint density at radius 2 is 2.12 bits per heavy atom. The largest absolute Gasteiger partial charge is 0.398 e. The second kappa shape index (κ2) is 5.67. The van der Waals surface area contributed by atoms with E-state index in [0.717, 1.165) is 26.6 Å². The fourth-order valence-electron chi connectivity index (χ4n) is 2.15. The van der Waals surface area contributed by atoms with E-state index in [-0.39, 0.29) is 6.04 Å². The van der Waals surface area contributed by atoms with Gasteiger partial charge in [0.05, 0.1) is 5.69 Å². The number of alkyl halides is 1. The van der Waals surface area contributed by atoms with Crippen molar-refractivity contribution in [2.75, 3.05) is 5.73 Å². The Hall–Kier alpha value is -0.130. The molecule has 0 bridgehead atoms. The zero-order valence-corrected chi connectivity index (χ0v) is 12.5. The van der Waals surface area contributed by atoms with Gasteiger partial charge in [-0.2, -0.15) is 0 Å². The number of nitrogens with two attached hydrogens (primary N) is 1. The minimum Gasteiger partial charge on any atom is -0.398 e. The van der Waals surface area contributed by atoms with Crippen LogP contribution in [0.25, 0.3) is 0 Å². The molecule has 2 nitrogen and oxygen atoms in total. The average Bonchev–Trinajstić information content (AvgIpc) is 2.67. The van der Waals surface area contributed by atoms with Gasteiger partial charge in [-0.3, -0.25) is 0 Å². The van der Waals surface area contributed by atoms with Gasteiger partial charge in [0.25, 0.3) is 0 Å². The summed E-state index contributed by atoms with van der Waals surface area (Å²) in [4.78, 5) is 0. The van der Waals surface area contributed by atoms with Crippen LogP contribution < -0.4 is 11.1 Å². The first-order valence-electron chi connectivity index (χ1n) is 5.67. The molecule has 0 spiro atoms. The van der Waals surface area contributed by atoms with Crippen LogP contribution in [0.15, 0.2) is 21.1 Å². The van der Waals surface area contributed by atoms with Gasteiger partial charge in [-0.25, -0.2) is 4.39 Å². The molecule has 0 unspecified atom stereocenters. The molecular formula is C12H15Br2FN2. The molecular weight excluding hydrogens is 351 g/mol. The lowest BCUT2D eigenvalue weighted by atomic mass is 10.1. The predicted octanol–water partition coefficient (Wildman–Crippen LogP) is 3.77. The SMILES string of the molecule is Nc1c(Br)cc(Br)cc1CN[C@@H]1CC[C@H](F)C1. The first kappa shape index (κ1) is 13.3. The molecule has 1 aliphatic rings. The van der Waals surface area contributed by atoms with Crippen LogP contribution in [0.4, 0.5) is 10.1 Å². The van der Waals surface area contributed by atoms with E-state index in [0.29, 0.717) is 19.4 Å². The highest BCUT2D eigenvalue weighted by molar-refractivity contribution is 9.11. The minimum absolute atomic E-state index is 0.280. The molecule has 0 saturated heterocycles. The molecule has 1 aromatic carbocycles. The van der Waals surface area contributed by atoms with Crippen LogP contribution in [0.1, 0.15) is 24.8 Å². The molecule has 1 aromatic rings. The molecule has 2 atom stereocenters. The molecule has 94 valence electrons. The van der Waals surface area contributed by atoms with Crippen molar-refractivity contribution < 1.29 is 4.39 Å². The highest BCUT2D eigenvalue weighted by Gasteiger charge is 2.23. The summed E-state index contributed by atoms with van der Waals surface area (Å²) in [5.41, 5.74) is 7.76. The number of nitrogens with one attached hydrogen (secondary N) is 1. The van der Waals surface area contributed by atoms with Crippen LogP contribution in [0.2, 0.25) is 0 Å². The standard InChI is InChI=1S/C12H15Br2FN2/c13-8-3-7(12(16)11(14)4-8)6-17-10-2-1-9(15)5-10/h3-4,9-10,17H,1-2,5-6,16H2/t9-,10+/m0/s1. The average molecular weight is 366 g/mol. The van der Waals surface area contributed by atoms with E-state index in [9.17, 15) is 4.39 Å². The van der Waals surface area contributed by atoms with Gasteiger partial charge in [-0.15, -0.1) is 0 Å². The lowest BCUT2D eigenvalue weighted by molar-refractivity contribution is 0.333. The third-order valence-electron chi connectivity index (χ3n) is 3.13. The quantitative estimate of drug-likeness (QED) is 0.800. The first-order valence-corrected chi connectivity index (χ1v) is 7.25. The zero-order valence-electron chi connectivity index (χ0n) is 9.35. The van der Waals surface area contributed by atoms with Crippen molar-refractivity contribution in [3.05, 3.63) is 26.6 Å². The van der Waals surface area contributed by atoms with Crippen LogP contribution in [-0.2, 0) is 6.54 Å². The summed E-state index contributed by atoms with van der Waals surface area (Å²) < 4.78 is 14.9. The van der Waals surface area contributed by atoms with Gasteiger partial charge in [0, 0.05) is 21.5 Å². The van der Waals surface area contributed by atoms with Crippen LogP contribution >= 0.6 is 31.9 Å². The maximum absolute atomic E-state index is 13.0. The lowest BCUT2D eigenvalue weighted by Crippen LogP contribution is -2.26. The maximum Gasteiger partial charge on any atom is 0.102 e. The molecule has 1 fully saturated rings. The van der Waals surface area contributed by atoms with E-state index in [1.54, 1.807) is 0 Å². The lowest BCUT2D eigenvalue weighted by Gasteiger charge is -2.14. The van der Waals surface area contributed by atoms with Crippen molar-refractivity contribution in [1.82, 2.24) is 5.32 Å². The number of hydrogen-bond acceptors (Lipinski definition) is 2. The number of rotatable bonds is 3. The van der Waals surface area contributed by atoms with Crippen molar-refractivity contribution in [3.8, 4) is 0 Å². The van der Waals surface area contributed by atoms with E-state index in [1.807, 2.05) is 12.1 Å². The van der Waals surface area contributed by atoms with Gasteiger partial charge in [0.2, 0.25) is 0 Å². The summed E-state index contributed by atoms with van der Waals surface area (Å²) in [6.07, 6.45) is 1.57. The molecule has 5 heteroatoms. The second-order valence-corrected chi connectivity index (χ2v) is 6.22. The molecule has 0 aliphatic heterocycles. The van der Waals surface area contributed by atoms with Crippen LogP contribution in [0, 0.1) is 0 Å². The highest BCUT2D eigenvalue weighted by atomic mass is 79.9. The number of benzene rings is 1.